The topological polar surface area (TPSA) is 55.4 Å². The van der Waals surface area contributed by atoms with E-state index in [2.05, 4.69) is 5.32 Å². The second kappa shape index (κ2) is 7.75. The summed E-state index contributed by atoms with van der Waals surface area (Å²) in [6, 6.07) is 4.52. The molecule has 0 aromatic heterocycles. The number of rotatable bonds is 8. The Morgan fingerprint density at radius 1 is 1.24 bits per heavy atom. The Balaban J connectivity index is 2.70. The van der Waals surface area contributed by atoms with E-state index in [-0.39, 0.29) is 24.2 Å². The van der Waals surface area contributed by atoms with Crippen LogP contribution in [0.15, 0.2) is 18.2 Å². The molecule has 0 heterocycles. The first-order chi connectivity index (χ1) is 9.72. The molecular formula is C15H24FNO3S. The molecule has 0 amide bonds. The Hall–Kier alpha value is -1.14. The molecule has 21 heavy (non-hydrogen) atoms. The molecule has 0 aliphatic carbocycles. The number of ether oxygens (including phenoxy) is 1. The second-order valence-electron chi connectivity index (χ2n) is 5.55. The van der Waals surface area contributed by atoms with Gasteiger partial charge in [0, 0.05) is 18.2 Å². The molecule has 0 fully saturated rings. The Bertz CT molecular complexity index is 556. The average Bonchev–Trinajstić information content (AvgIpc) is 2.38. The van der Waals surface area contributed by atoms with Crippen LogP contribution in [0.5, 0.6) is 5.75 Å². The number of halogens is 1. The van der Waals surface area contributed by atoms with Gasteiger partial charge in [-0.3, -0.25) is 0 Å². The molecule has 0 saturated carbocycles. The van der Waals surface area contributed by atoms with Crippen molar-refractivity contribution in [3.05, 3.63) is 29.6 Å². The fourth-order valence-electron chi connectivity index (χ4n) is 1.64. The summed E-state index contributed by atoms with van der Waals surface area (Å²) in [6.07, 6.45) is 0. The molecule has 1 N–H and O–H groups in total. The summed E-state index contributed by atoms with van der Waals surface area (Å²) in [4.78, 5) is 0. The Morgan fingerprint density at radius 2 is 1.90 bits per heavy atom. The van der Waals surface area contributed by atoms with Crippen LogP contribution in [-0.2, 0) is 16.4 Å². The van der Waals surface area contributed by atoms with E-state index in [0.717, 1.165) is 0 Å². The van der Waals surface area contributed by atoms with Crippen LogP contribution >= 0.6 is 0 Å². The molecule has 0 unspecified atom stereocenters. The van der Waals surface area contributed by atoms with Gasteiger partial charge in [0.15, 0.2) is 9.84 Å². The standard InChI is InChI=1S/C15H24FNO3S/c1-11(2)17-10-13-9-14(16)5-6-15(13)20-7-8-21(18,19)12(3)4/h5-6,9,11-12,17H,7-8,10H2,1-4H3. The lowest BCUT2D eigenvalue weighted by Crippen LogP contribution is -2.24. The largest absolute Gasteiger partial charge is 0.492 e. The third-order valence-corrected chi connectivity index (χ3v) is 5.24. The number of hydrogen-bond acceptors (Lipinski definition) is 4. The Morgan fingerprint density at radius 3 is 2.48 bits per heavy atom. The van der Waals surface area contributed by atoms with E-state index in [0.29, 0.717) is 17.9 Å². The maximum absolute atomic E-state index is 13.3. The summed E-state index contributed by atoms with van der Waals surface area (Å²) < 4.78 is 42.3. The third-order valence-electron chi connectivity index (χ3n) is 3.07. The van der Waals surface area contributed by atoms with E-state index in [4.69, 9.17) is 4.74 Å². The van der Waals surface area contributed by atoms with Gasteiger partial charge in [0.25, 0.3) is 0 Å². The van der Waals surface area contributed by atoms with Gasteiger partial charge in [-0.15, -0.1) is 0 Å². The minimum Gasteiger partial charge on any atom is -0.492 e. The Labute approximate surface area is 126 Å². The maximum atomic E-state index is 13.3. The average molecular weight is 317 g/mol. The van der Waals surface area contributed by atoms with Crippen LogP contribution in [0.1, 0.15) is 33.3 Å². The maximum Gasteiger partial charge on any atom is 0.155 e. The molecule has 4 nitrogen and oxygen atoms in total. The highest BCUT2D eigenvalue weighted by atomic mass is 32.2. The van der Waals surface area contributed by atoms with Crippen molar-refractivity contribution < 1.29 is 17.5 Å². The second-order valence-corrected chi connectivity index (χ2v) is 8.23. The van der Waals surface area contributed by atoms with Gasteiger partial charge in [-0.25, -0.2) is 12.8 Å². The van der Waals surface area contributed by atoms with E-state index < -0.39 is 15.1 Å². The number of nitrogens with one attached hydrogen (secondary N) is 1. The first-order valence-electron chi connectivity index (χ1n) is 7.08. The van der Waals surface area contributed by atoms with Crippen LogP contribution in [0.25, 0.3) is 0 Å². The molecule has 0 aliphatic heterocycles. The quantitative estimate of drug-likeness (QED) is 0.800. The molecule has 6 heteroatoms. The summed E-state index contributed by atoms with van der Waals surface area (Å²) in [6.45, 7) is 7.82. The molecule has 1 aromatic rings. The number of benzene rings is 1. The molecule has 0 radical (unpaired) electrons. The molecule has 1 aromatic carbocycles. The Kier molecular flexibility index (Phi) is 6.61. The molecule has 0 spiro atoms. The first kappa shape index (κ1) is 17.9. The van der Waals surface area contributed by atoms with Gasteiger partial charge in [0.1, 0.15) is 18.2 Å². The van der Waals surface area contributed by atoms with Gasteiger partial charge in [0.05, 0.1) is 11.0 Å². The van der Waals surface area contributed by atoms with Crippen LogP contribution in [0.2, 0.25) is 0 Å². The predicted molar refractivity (Wildman–Crippen MR) is 82.8 cm³/mol. The van der Waals surface area contributed by atoms with Crippen molar-refractivity contribution in [1.82, 2.24) is 5.32 Å². The summed E-state index contributed by atoms with van der Waals surface area (Å²) in [5.74, 6) is 0.139. The fraction of sp³-hybridized carbons (Fsp3) is 0.600. The van der Waals surface area contributed by atoms with Gasteiger partial charge in [0.2, 0.25) is 0 Å². The van der Waals surface area contributed by atoms with E-state index in [1.165, 1.54) is 18.2 Å². The van der Waals surface area contributed by atoms with Crippen LogP contribution in [0.3, 0.4) is 0 Å². The predicted octanol–water partition coefficient (Wildman–Crippen LogP) is 2.53. The monoisotopic (exact) mass is 317 g/mol. The molecule has 0 atom stereocenters. The van der Waals surface area contributed by atoms with Crippen molar-refractivity contribution in [1.29, 1.82) is 0 Å². The van der Waals surface area contributed by atoms with Gasteiger partial charge >= 0.3 is 0 Å². The van der Waals surface area contributed by atoms with Crippen molar-refractivity contribution in [2.75, 3.05) is 12.4 Å². The normalized spacial score (nSPS) is 12.1. The van der Waals surface area contributed by atoms with Gasteiger partial charge in [-0.2, -0.15) is 0 Å². The van der Waals surface area contributed by atoms with Crippen LogP contribution in [0, 0.1) is 5.82 Å². The molecule has 0 aliphatic rings. The van der Waals surface area contributed by atoms with E-state index in [1.807, 2.05) is 13.8 Å². The SMILES string of the molecule is CC(C)NCc1cc(F)ccc1OCCS(=O)(=O)C(C)C. The van der Waals surface area contributed by atoms with E-state index >= 15 is 0 Å². The zero-order valence-electron chi connectivity index (χ0n) is 13.0. The summed E-state index contributed by atoms with van der Waals surface area (Å²) in [7, 11) is -3.13. The minimum atomic E-state index is -3.13. The van der Waals surface area contributed by atoms with Crippen molar-refractivity contribution in [2.45, 2.75) is 45.5 Å². The zero-order valence-corrected chi connectivity index (χ0v) is 13.8. The van der Waals surface area contributed by atoms with Crippen LogP contribution < -0.4 is 10.1 Å². The highest BCUT2D eigenvalue weighted by Crippen LogP contribution is 2.20. The van der Waals surface area contributed by atoms with Crippen LogP contribution in [-0.4, -0.2) is 32.1 Å². The van der Waals surface area contributed by atoms with Crippen LogP contribution in [0.4, 0.5) is 4.39 Å². The van der Waals surface area contributed by atoms with Gasteiger partial charge in [-0.05, 0) is 32.0 Å². The highest BCUT2D eigenvalue weighted by molar-refractivity contribution is 7.91. The molecule has 0 saturated heterocycles. The zero-order chi connectivity index (χ0) is 16.0. The molecule has 0 bridgehead atoms. The summed E-state index contributed by atoms with van der Waals surface area (Å²) >= 11 is 0. The van der Waals surface area contributed by atoms with E-state index in [9.17, 15) is 12.8 Å². The fourth-order valence-corrected chi connectivity index (χ4v) is 2.43. The third kappa shape index (κ3) is 6.01. The van der Waals surface area contributed by atoms with Crippen molar-refractivity contribution >= 4 is 9.84 Å². The number of hydrogen-bond donors (Lipinski definition) is 1. The molecular weight excluding hydrogens is 293 g/mol. The number of sulfone groups is 1. The smallest absolute Gasteiger partial charge is 0.155 e. The summed E-state index contributed by atoms with van der Waals surface area (Å²) in [5, 5.41) is 2.77. The van der Waals surface area contributed by atoms with Crippen molar-refractivity contribution in [3.63, 3.8) is 0 Å². The first-order valence-corrected chi connectivity index (χ1v) is 8.80. The summed E-state index contributed by atoms with van der Waals surface area (Å²) in [5.41, 5.74) is 0.686. The molecule has 120 valence electrons. The lowest BCUT2D eigenvalue weighted by molar-refractivity contribution is 0.334. The minimum absolute atomic E-state index is 0.0426. The molecule has 1 rings (SSSR count). The van der Waals surface area contributed by atoms with Gasteiger partial charge < -0.3 is 10.1 Å². The van der Waals surface area contributed by atoms with Crippen molar-refractivity contribution in [3.8, 4) is 5.75 Å². The highest BCUT2D eigenvalue weighted by Gasteiger charge is 2.16. The lowest BCUT2D eigenvalue weighted by atomic mass is 10.2. The van der Waals surface area contributed by atoms with E-state index in [1.54, 1.807) is 13.8 Å². The van der Waals surface area contributed by atoms with Gasteiger partial charge in [-0.1, -0.05) is 13.8 Å². The van der Waals surface area contributed by atoms with Crippen molar-refractivity contribution in [2.24, 2.45) is 0 Å². The lowest BCUT2D eigenvalue weighted by Gasteiger charge is -2.14.